The Morgan fingerprint density at radius 1 is 1.09 bits per heavy atom. The van der Waals surface area contributed by atoms with Crippen molar-refractivity contribution in [3.63, 3.8) is 0 Å². The second kappa shape index (κ2) is 6.95. The zero-order valence-electron chi connectivity index (χ0n) is 12.6. The number of hydrogen-bond donors (Lipinski definition) is 2. The van der Waals surface area contributed by atoms with E-state index < -0.39 is 12.0 Å². The SMILES string of the molecule is COc1cccc(OC)c1-c1ccc([C@H](N)CC(=O)O)cc1. The zero-order chi connectivity index (χ0) is 16.1. The molecule has 5 heteroatoms. The molecule has 2 aromatic rings. The minimum Gasteiger partial charge on any atom is -0.496 e. The van der Waals surface area contributed by atoms with Gasteiger partial charge in [-0.05, 0) is 23.3 Å². The van der Waals surface area contributed by atoms with E-state index in [4.69, 9.17) is 20.3 Å². The van der Waals surface area contributed by atoms with Gasteiger partial charge in [-0.15, -0.1) is 0 Å². The summed E-state index contributed by atoms with van der Waals surface area (Å²) in [7, 11) is 3.21. The van der Waals surface area contributed by atoms with Crippen molar-refractivity contribution in [1.82, 2.24) is 0 Å². The van der Waals surface area contributed by atoms with Crippen LogP contribution in [0.2, 0.25) is 0 Å². The molecular weight excluding hydrogens is 282 g/mol. The number of nitrogens with two attached hydrogens (primary N) is 1. The second-order valence-corrected chi connectivity index (χ2v) is 4.86. The lowest BCUT2D eigenvalue weighted by Crippen LogP contribution is -2.14. The van der Waals surface area contributed by atoms with Crippen molar-refractivity contribution in [1.29, 1.82) is 0 Å². The maximum atomic E-state index is 10.7. The van der Waals surface area contributed by atoms with Crippen LogP contribution in [-0.4, -0.2) is 25.3 Å². The van der Waals surface area contributed by atoms with E-state index in [0.717, 1.165) is 16.7 Å². The third kappa shape index (κ3) is 3.38. The summed E-state index contributed by atoms with van der Waals surface area (Å²) < 4.78 is 10.8. The zero-order valence-corrected chi connectivity index (χ0v) is 12.6. The van der Waals surface area contributed by atoms with E-state index in [2.05, 4.69) is 0 Å². The molecule has 2 rings (SSSR count). The highest BCUT2D eigenvalue weighted by atomic mass is 16.5. The molecule has 116 valence electrons. The molecule has 3 N–H and O–H groups in total. The maximum Gasteiger partial charge on any atom is 0.305 e. The number of carbonyl (C=O) groups is 1. The Kier molecular flexibility index (Phi) is 5.01. The molecule has 5 nitrogen and oxygen atoms in total. The van der Waals surface area contributed by atoms with Crippen LogP contribution in [0.5, 0.6) is 11.5 Å². The van der Waals surface area contributed by atoms with Gasteiger partial charge >= 0.3 is 5.97 Å². The summed E-state index contributed by atoms with van der Waals surface area (Å²) in [5.41, 5.74) is 8.41. The Labute approximate surface area is 129 Å². The average Bonchev–Trinajstić information content (AvgIpc) is 2.53. The van der Waals surface area contributed by atoms with E-state index in [-0.39, 0.29) is 6.42 Å². The van der Waals surface area contributed by atoms with Gasteiger partial charge in [0, 0.05) is 6.04 Å². The van der Waals surface area contributed by atoms with Crippen LogP contribution in [0.1, 0.15) is 18.0 Å². The quantitative estimate of drug-likeness (QED) is 0.857. The number of carboxylic acid groups (broad SMARTS) is 1. The van der Waals surface area contributed by atoms with Crippen molar-refractivity contribution in [3.05, 3.63) is 48.0 Å². The fraction of sp³-hybridized carbons (Fsp3) is 0.235. The molecule has 0 aliphatic rings. The standard InChI is InChI=1S/C17H19NO4/c1-21-14-4-3-5-15(22-2)17(14)12-8-6-11(7-9-12)13(18)10-16(19)20/h3-9,13H,10,18H2,1-2H3,(H,19,20)/t13-/m1/s1. The summed E-state index contributed by atoms with van der Waals surface area (Å²) >= 11 is 0. The number of hydrogen-bond acceptors (Lipinski definition) is 4. The van der Waals surface area contributed by atoms with Crippen molar-refractivity contribution in [2.45, 2.75) is 12.5 Å². The lowest BCUT2D eigenvalue weighted by molar-refractivity contribution is -0.137. The molecule has 0 fully saturated rings. The van der Waals surface area contributed by atoms with Crippen LogP contribution in [0.4, 0.5) is 0 Å². The Balaban J connectivity index is 2.37. The fourth-order valence-corrected chi connectivity index (χ4v) is 2.34. The predicted octanol–water partition coefficient (Wildman–Crippen LogP) is 2.85. The first-order chi connectivity index (χ1) is 10.6. The molecule has 0 bridgehead atoms. The molecule has 0 aliphatic heterocycles. The summed E-state index contributed by atoms with van der Waals surface area (Å²) in [6, 6.07) is 12.5. The number of rotatable bonds is 6. The molecule has 0 heterocycles. The molecule has 2 aromatic carbocycles. The topological polar surface area (TPSA) is 81.8 Å². The van der Waals surface area contributed by atoms with Gasteiger partial charge in [0.2, 0.25) is 0 Å². The van der Waals surface area contributed by atoms with Gasteiger partial charge in [-0.3, -0.25) is 4.79 Å². The van der Waals surface area contributed by atoms with Crippen LogP contribution >= 0.6 is 0 Å². The normalized spacial score (nSPS) is 11.8. The molecule has 0 unspecified atom stereocenters. The smallest absolute Gasteiger partial charge is 0.305 e. The number of ether oxygens (including phenoxy) is 2. The van der Waals surface area contributed by atoms with E-state index in [1.165, 1.54) is 0 Å². The van der Waals surface area contributed by atoms with Crippen LogP contribution < -0.4 is 15.2 Å². The highest BCUT2D eigenvalue weighted by molar-refractivity contribution is 5.77. The third-order valence-electron chi connectivity index (χ3n) is 3.45. The lowest BCUT2D eigenvalue weighted by atomic mass is 9.98. The molecule has 22 heavy (non-hydrogen) atoms. The van der Waals surface area contributed by atoms with Gasteiger partial charge in [-0.25, -0.2) is 0 Å². The van der Waals surface area contributed by atoms with Crippen LogP contribution in [0.25, 0.3) is 11.1 Å². The van der Waals surface area contributed by atoms with Gasteiger partial charge in [0.15, 0.2) is 0 Å². The van der Waals surface area contributed by atoms with Gasteiger partial charge in [-0.1, -0.05) is 30.3 Å². The number of benzene rings is 2. The second-order valence-electron chi connectivity index (χ2n) is 4.86. The molecule has 0 saturated carbocycles. The molecule has 0 aromatic heterocycles. The Morgan fingerprint density at radius 3 is 2.09 bits per heavy atom. The molecule has 0 saturated heterocycles. The highest BCUT2D eigenvalue weighted by Gasteiger charge is 2.14. The summed E-state index contributed by atoms with van der Waals surface area (Å²) in [4.78, 5) is 10.7. The van der Waals surface area contributed by atoms with E-state index in [1.54, 1.807) is 14.2 Å². The first-order valence-electron chi connectivity index (χ1n) is 6.85. The number of methoxy groups -OCH3 is 2. The number of carboxylic acids is 1. The Bertz CT molecular complexity index is 630. The van der Waals surface area contributed by atoms with E-state index >= 15 is 0 Å². The summed E-state index contributed by atoms with van der Waals surface area (Å²) in [5.74, 6) is 0.506. The molecule has 0 spiro atoms. The van der Waals surface area contributed by atoms with Crippen molar-refractivity contribution in [2.75, 3.05) is 14.2 Å². The average molecular weight is 301 g/mol. The summed E-state index contributed by atoms with van der Waals surface area (Å²) in [5, 5.41) is 8.80. The predicted molar refractivity (Wildman–Crippen MR) is 84.2 cm³/mol. The molecular formula is C17H19NO4. The van der Waals surface area contributed by atoms with Gasteiger partial charge in [0.25, 0.3) is 0 Å². The van der Waals surface area contributed by atoms with Crippen molar-refractivity contribution in [2.24, 2.45) is 5.73 Å². The Morgan fingerprint density at radius 2 is 1.64 bits per heavy atom. The third-order valence-corrected chi connectivity index (χ3v) is 3.45. The molecule has 1 atom stereocenters. The first kappa shape index (κ1) is 15.9. The van der Waals surface area contributed by atoms with E-state index in [0.29, 0.717) is 11.5 Å². The van der Waals surface area contributed by atoms with Gasteiger partial charge in [0.1, 0.15) is 11.5 Å². The largest absolute Gasteiger partial charge is 0.496 e. The highest BCUT2D eigenvalue weighted by Crippen LogP contribution is 2.38. The number of aliphatic carboxylic acids is 1. The van der Waals surface area contributed by atoms with Crippen molar-refractivity contribution >= 4 is 5.97 Å². The van der Waals surface area contributed by atoms with Crippen LogP contribution in [0, 0.1) is 0 Å². The van der Waals surface area contributed by atoms with Crippen LogP contribution in [0.3, 0.4) is 0 Å². The van der Waals surface area contributed by atoms with Crippen LogP contribution in [0.15, 0.2) is 42.5 Å². The van der Waals surface area contributed by atoms with Crippen molar-refractivity contribution in [3.8, 4) is 22.6 Å². The monoisotopic (exact) mass is 301 g/mol. The molecule has 0 aliphatic carbocycles. The fourth-order valence-electron chi connectivity index (χ4n) is 2.34. The van der Waals surface area contributed by atoms with Crippen molar-refractivity contribution < 1.29 is 19.4 Å². The first-order valence-corrected chi connectivity index (χ1v) is 6.85. The van der Waals surface area contributed by atoms with Gasteiger partial charge in [0.05, 0.1) is 26.2 Å². The summed E-state index contributed by atoms with van der Waals surface area (Å²) in [6.45, 7) is 0. The summed E-state index contributed by atoms with van der Waals surface area (Å²) in [6.07, 6.45) is -0.0999. The minimum atomic E-state index is -0.914. The van der Waals surface area contributed by atoms with Gasteiger partial charge in [-0.2, -0.15) is 0 Å². The Hall–Kier alpha value is -2.53. The minimum absolute atomic E-state index is 0.0999. The maximum absolute atomic E-state index is 10.7. The van der Waals surface area contributed by atoms with E-state index in [1.807, 2.05) is 42.5 Å². The molecule has 0 radical (unpaired) electrons. The lowest BCUT2D eigenvalue weighted by Gasteiger charge is -2.14. The van der Waals surface area contributed by atoms with Gasteiger partial charge < -0.3 is 20.3 Å². The van der Waals surface area contributed by atoms with E-state index in [9.17, 15) is 4.79 Å². The van der Waals surface area contributed by atoms with Crippen LogP contribution in [-0.2, 0) is 4.79 Å². The molecule has 0 amide bonds.